The third-order valence-electron chi connectivity index (χ3n) is 5.27. The zero-order valence-corrected chi connectivity index (χ0v) is 16.8. The SMILES string of the molecule is Cc1nc2n(c(=O)c1C)C(CC(=O)NCCn1nc(C3CC3)ccc1=O)CS2. The minimum atomic E-state index is -0.196. The van der Waals surface area contributed by atoms with Crippen molar-refractivity contribution in [3.63, 3.8) is 0 Å². The molecule has 1 amide bonds. The highest BCUT2D eigenvalue weighted by Gasteiger charge is 2.28. The van der Waals surface area contributed by atoms with E-state index in [1.165, 1.54) is 16.4 Å². The molecule has 28 heavy (non-hydrogen) atoms. The highest BCUT2D eigenvalue weighted by atomic mass is 32.2. The van der Waals surface area contributed by atoms with Crippen LogP contribution in [0.5, 0.6) is 0 Å². The van der Waals surface area contributed by atoms with Gasteiger partial charge in [0.2, 0.25) is 5.91 Å². The van der Waals surface area contributed by atoms with Crippen molar-refractivity contribution in [2.24, 2.45) is 0 Å². The van der Waals surface area contributed by atoms with Crippen molar-refractivity contribution in [1.29, 1.82) is 0 Å². The van der Waals surface area contributed by atoms with Crippen LogP contribution in [0.1, 0.15) is 48.2 Å². The molecule has 8 nitrogen and oxygen atoms in total. The van der Waals surface area contributed by atoms with Gasteiger partial charge in [0.1, 0.15) is 0 Å². The maximum absolute atomic E-state index is 12.5. The number of fused-ring (bicyclic) bond motifs is 1. The van der Waals surface area contributed by atoms with Crippen LogP contribution in [0.25, 0.3) is 0 Å². The van der Waals surface area contributed by atoms with Gasteiger partial charge in [0.15, 0.2) is 5.16 Å². The van der Waals surface area contributed by atoms with E-state index < -0.39 is 0 Å². The van der Waals surface area contributed by atoms with E-state index in [9.17, 15) is 14.4 Å². The Labute approximate surface area is 166 Å². The molecule has 0 spiro atoms. The van der Waals surface area contributed by atoms with Gasteiger partial charge in [0.05, 0.1) is 18.3 Å². The Balaban J connectivity index is 1.36. The molecule has 3 heterocycles. The van der Waals surface area contributed by atoms with E-state index in [4.69, 9.17) is 0 Å². The van der Waals surface area contributed by atoms with Crippen molar-refractivity contribution in [1.82, 2.24) is 24.6 Å². The molecule has 0 aromatic carbocycles. The Hall–Kier alpha value is -2.42. The number of carbonyl (C=O) groups excluding carboxylic acids is 1. The summed E-state index contributed by atoms with van der Waals surface area (Å²) in [5, 5.41) is 7.91. The first-order chi connectivity index (χ1) is 13.4. The summed E-state index contributed by atoms with van der Waals surface area (Å²) in [4.78, 5) is 41.3. The van der Waals surface area contributed by atoms with Crippen LogP contribution < -0.4 is 16.4 Å². The largest absolute Gasteiger partial charge is 0.354 e. The van der Waals surface area contributed by atoms with Gasteiger partial charge in [-0.25, -0.2) is 9.67 Å². The van der Waals surface area contributed by atoms with Crippen LogP contribution in [-0.2, 0) is 11.3 Å². The first-order valence-electron chi connectivity index (χ1n) is 9.51. The minimum absolute atomic E-state index is 0.0713. The predicted octanol–water partition coefficient (Wildman–Crippen LogP) is 1.15. The van der Waals surface area contributed by atoms with E-state index in [1.807, 2.05) is 6.92 Å². The first-order valence-corrected chi connectivity index (χ1v) is 10.5. The van der Waals surface area contributed by atoms with E-state index in [-0.39, 0.29) is 29.5 Å². The Morgan fingerprint density at radius 1 is 1.29 bits per heavy atom. The summed E-state index contributed by atoms with van der Waals surface area (Å²) in [6.45, 7) is 4.25. The third-order valence-corrected chi connectivity index (χ3v) is 6.37. The molecule has 0 bridgehead atoms. The highest BCUT2D eigenvalue weighted by molar-refractivity contribution is 7.99. The van der Waals surface area contributed by atoms with Crippen LogP contribution in [-0.4, -0.2) is 37.5 Å². The predicted molar refractivity (Wildman–Crippen MR) is 106 cm³/mol. The van der Waals surface area contributed by atoms with Crippen molar-refractivity contribution in [2.45, 2.75) is 56.8 Å². The molecule has 1 aliphatic heterocycles. The smallest absolute Gasteiger partial charge is 0.266 e. The van der Waals surface area contributed by atoms with Gasteiger partial charge in [0, 0.05) is 42.0 Å². The Bertz CT molecular complexity index is 1040. The number of aromatic nitrogens is 4. The van der Waals surface area contributed by atoms with Gasteiger partial charge >= 0.3 is 0 Å². The molecular formula is C19H23N5O3S. The van der Waals surface area contributed by atoms with Crippen LogP contribution in [0.4, 0.5) is 0 Å². The molecule has 9 heteroatoms. The molecule has 1 atom stereocenters. The van der Waals surface area contributed by atoms with E-state index in [2.05, 4.69) is 15.4 Å². The summed E-state index contributed by atoms with van der Waals surface area (Å²) in [7, 11) is 0. The standard InChI is InChI=1S/C19H23N5O3S/c1-11-12(2)21-19-24(18(11)27)14(10-28-19)9-16(25)20-7-8-23-17(26)6-5-15(22-23)13-3-4-13/h5-6,13-14H,3-4,7-10H2,1-2H3,(H,20,25). The molecular weight excluding hydrogens is 378 g/mol. The summed E-state index contributed by atoms with van der Waals surface area (Å²) in [6, 6.07) is 3.14. The molecule has 1 saturated carbocycles. The van der Waals surface area contributed by atoms with Gasteiger partial charge < -0.3 is 5.32 Å². The highest BCUT2D eigenvalue weighted by Crippen LogP contribution is 2.38. The molecule has 2 aliphatic rings. The number of hydrogen-bond acceptors (Lipinski definition) is 6. The van der Waals surface area contributed by atoms with Gasteiger partial charge in [-0.15, -0.1) is 0 Å². The molecule has 2 aromatic heterocycles. The minimum Gasteiger partial charge on any atom is -0.354 e. The van der Waals surface area contributed by atoms with Crippen LogP contribution >= 0.6 is 11.8 Å². The number of nitrogens with zero attached hydrogens (tertiary/aromatic N) is 4. The fraction of sp³-hybridized carbons (Fsp3) is 0.526. The number of thioether (sulfide) groups is 1. The lowest BCUT2D eigenvalue weighted by atomic mass is 10.2. The van der Waals surface area contributed by atoms with Gasteiger partial charge in [-0.05, 0) is 32.8 Å². The van der Waals surface area contributed by atoms with Crippen molar-refractivity contribution in [2.75, 3.05) is 12.3 Å². The lowest BCUT2D eigenvalue weighted by Gasteiger charge is -2.14. The fourth-order valence-electron chi connectivity index (χ4n) is 3.33. The topological polar surface area (TPSA) is 98.9 Å². The Morgan fingerprint density at radius 2 is 2.07 bits per heavy atom. The number of nitrogens with one attached hydrogen (secondary N) is 1. The first kappa shape index (κ1) is 18.9. The maximum atomic E-state index is 12.5. The fourth-order valence-corrected chi connectivity index (χ4v) is 4.51. The van der Waals surface area contributed by atoms with E-state index in [1.54, 1.807) is 23.6 Å². The number of hydrogen-bond donors (Lipinski definition) is 1. The van der Waals surface area contributed by atoms with Crippen molar-refractivity contribution in [3.8, 4) is 0 Å². The number of rotatable bonds is 6. The summed E-state index contributed by atoms with van der Waals surface area (Å²) in [5.41, 5.74) is 2.07. The molecule has 4 rings (SSSR count). The van der Waals surface area contributed by atoms with E-state index >= 15 is 0 Å². The van der Waals surface area contributed by atoms with Gasteiger partial charge in [0.25, 0.3) is 11.1 Å². The van der Waals surface area contributed by atoms with Crippen molar-refractivity contribution < 1.29 is 4.79 Å². The average molecular weight is 401 g/mol. The van der Waals surface area contributed by atoms with Crippen LogP contribution in [0.15, 0.2) is 26.9 Å². The van der Waals surface area contributed by atoms with Crippen LogP contribution in [0.2, 0.25) is 0 Å². The maximum Gasteiger partial charge on any atom is 0.266 e. The Kier molecular flexibility index (Phi) is 5.09. The summed E-state index contributed by atoms with van der Waals surface area (Å²) < 4.78 is 3.05. The monoisotopic (exact) mass is 401 g/mol. The molecule has 0 radical (unpaired) electrons. The lowest BCUT2D eigenvalue weighted by Crippen LogP contribution is -2.35. The zero-order valence-electron chi connectivity index (χ0n) is 16.0. The second-order valence-electron chi connectivity index (χ2n) is 7.39. The van der Waals surface area contributed by atoms with Crippen molar-refractivity contribution in [3.05, 3.63) is 49.8 Å². The van der Waals surface area contributed by atoms with Crippen molar-refractivity contribution >= 4 is 17.7 Å². The van der Waals surface area contributed by atoms with Crippen LogP contribution in [0.3, 0.4) is 0 Å². The molecule has 1 unspecified atom stereocenters. The van der Waals surface area contributed by atoms with E-state index in [0.29, 0.717) is 35.5 Å². The molecule has 1 fully saturated rings. The summed E-state index contributed by atoms with van der Waals surface area (Å²) in [5.74, 6) is 0.985. The van der Waals surface area contributed by atoms with Crippen LogP contribution in [0, 0.1) is 13.8 Å². The number of carbonyl (C=O) groups is 1. The van der Waals surface area contributed by atoms with Gasteiger partial charge in [-0.1, -0.05) is 11.8 Å². The second-order valence-corrected chi connectivity index (χ2v) is 8.38. The molecule has 0 saturated heterocycles. The number of aryl methyl sites for hydroxylation is 1. The summed E-state index contributed by atoms with van der Waals surface area (Å²) >= 11 is 1.50. The average Bonchev–Trinajstić information content (AvgIpc) is 3.44. The second kappa shape index (κ2) is 7.54. The summed E-state index contributed by atoms with van der Waals surface area (Å²) in [6.07, 6.45) is 2.46. The van der Waals surface area contributed by atoms with E-state index in [0.717, 1.165) is 24.2 Å². The molecule has 1 aliphatic carbocycles. The molecule has 1 N–H and O–H groups in total. The number of amides is 1. The quantitative estimate of drug-likeness (QED) is 0.729. The third kappa shape index (κ3) is 3.76. The van der Waals surface area contributed by atoms with Gasteiger partial charge in [-0.2, -0.15) is 5.10 Å². The Morgan fingerprint density at radius 3 is 2.82 bits per heavy atom. The molecule has 2 aromatic rings. The lowest BCUT2D eigenvalue weighted by molar-refractivity contribution is -0.121. The zero-order chi connectivity index (χ0) is 19.8. The van der Waals surface area contributed by atoms with Gasteiger partial charge in [-0.3, -0.25) is 19.0 Å². The normalized spacial score (nSPS) is 18.1. The molecule has 148 valence electrons.